The molecule has 2 heterocycles. The van der Waals surface area contributed by atoms with Gasteiger partial charge in [0.1, 0.15) is 5.82 Å². The van der Waals surface area contributed by atoms with Gasteiger partial charge in [-0.25, -0.2) is 4.98 Å². The third-order valence-corrected chi connectivity index (χ3v) is 7.69. The summed E-state index contributed by atoms with van der Waals surface area (Å²) in [6, 6.07) is 6.15. The van der Waals surface area contributed by atoms with E-state index in [2.05, 4.69) is 4.98 Å². The highest BCUT2D eigenvalue weighted by atomic mass is 35.5. The molecule has 182 valence electrons. The number of piperidine rings is 1. The van der Waals surface area contributed by atoms with E-state index in [1.807, 2.05) is 0 Å². The average Bonchev–Trinajstić information content (AvgIpc) is 3.12. The number of benzene rings is 2. The summed E-state index contributed by atoms with van der Waals surface area (Å²) < 4.78 is 29.6. The number of hydrogen-bond donors (Lipinski definition) is 1. The van der Waals surface area contributed by atoms with Gasteiger partial charge in [0.15, 0.2) is 0 Å². The molecular weight excluding hydrogens is 502 g/mol. The Kier molecular flexibility index (Phi) is 7.21. The van der Waals surface area contributed by atoms with Gasteiger partial charge in [-0.2, -0.15) is 8.78 Å². The Morgan fingerprint density at radius 3 is 2.56 bits per heavy atom. The van der Waals surface area contributed by atoms with Gasteiger partial charge in [0, 0.05) is 43.8 Å². The highest BCUT2D eigenvalue weighted by Crippen LogP contribution is 2.38. The fourth-order valence-electron chi connectivity index (χ4n) is 4.43. The molecule has 1 aliphatic rings. The number of carbonyl (C=O) groups excluding carboxylic acids is 1. The van der Waals surface area contributed by atoms with Crippen molar-refractivity contribution in [1.29, 1.82) is 0 Å². The molecule has 0 spiro atoms. The number of halogens is 4. The molecule has 10 heteroatoms. The van der Waals surface area contributed by atoms with Gasteiger partial charge in [0.2, 0.25) is 0 Å². The first-order valence-electron chi connectivity index (χ1n) is 11.0. The van der Waals surface area contributed by atoms with Crippen LogP contribution in [-0.4, -0.2) is 45.2 Å². The van der Waals surface area contributed by atoms with Crippen LogP contribution in [0.25, 0.3) is 11.0 Å². The van der Waals surface area contributed by atoms with Gasteiger partial charge in [-0.3, -0.25) is 4.79 Å². The molecule has 0 radical (unpaired) electrons. The Morgan fingerprint density at radius 2 is 1.94 bits per heavy atom. The van der Waals surface area contributed by atoms with Crippen molar-refractivity contribution in [2.24, 2.45) is 13.0 Å². The Morgan fingerprint density at radius 1 is 1.26 bits per heavy atom. The molecule has 1 unspecified atom stereocenters. The molecule has 34 heavy (non-hydrogen) atoms. The van der Waals surface area contributed by atoms with Crippen molar-refractivity contribution in [3.8, 4) is 0 Å². The number of fused-ring (bicyclic) bond motifs is 1. The lowest BCUT2D eigenvalue weighted by Gasteiger charge is -2.31. The lowest BCUT2D eigenvalue weighted by Crippen LogP contribution is -2.39. The van der Waals surface area contributed by atoms with Crippen LogP contribution in [0.3, 0.4) is 0 Å². The summed E-state index contributed by atoms with van der Waals surface area (Å²) in [4.78, 5) is 19.6. The highest BCUT2D eigenvalue weighted by Gasteiger charge is 2.28. The van der Waals surface area contributed by atoms with E-state index < -0.39 is 5.66 Å². The SMILES string of the molecule is Cc1cc(C(F)(F)P)cc2c1nc(Cc1c(Cl)ccc(C(=O)N3CCC(CO)CC3)c1Cl)n2C. The molecule has 0 aliphatic carbocycles. The molecule has 1 fully saturated rings. The monoisotopic (exact) mass is 527 g/mol. The fraction of sp³-hybridized carbons (Fsp3) is 0.417. The number of aliphatic hydroxyl groups excluding tert-OH is 1. The minimum Gasteiger partial charge on any atom is -0.396 e. The maximum absolute atomic E-state index is 13.9. The minimum absolute atomic E-state index is 0.106. The summed E-state index contributed by atoms with van der Waals surface area (Å²) >= 11 is 13.2. The zero-order valence-corrected chi connectivity index (χ0v) is 21.6. The number of hydrogen-bond acceptors (Lipinski definition) is 3. The molecule has 1 aliphatic heterocycles. The van der Waals surface area contributed by atoms with Gasteiger partial charge in [-0.15, -0.1) is 0 Å². The largest absolute Gasteiger partial charge is 0.396 e. The number of aryl methyl sites for hydroxylation is 2. The van der Waals surface area contributed by atoms with Crippen LogP contribution in [0, 0.1) is 12.8 Å². The van der Waals surface area contributed by atoms with E-state index >= 15 is 0 Å². The van der Waals surface area contributed by atoms with Crippen molar-refractivity contribution in [2.45, 2.75) is 31.8 Å². The molecule has 3 aromatic rings. The van der Waals surface area contributed by atoms with Crippen LogP contribution in [0.1, 0.15) is 45.7 Å². The zero-order valence-electron chi connectivity index (χ0n) is 18.9. The lowest BCUT2D eigenvalue weighted by molar-refractivity contribution is 0.0651. The number of amides is 1. The van der Waals surface area contributed by atoms with Crippen LogP contribution in [0.4, 0.5) is 8.78 Å². The maximum atomic E-state index is 13.9. The van der Waals surface area contributed by atoms with Crippen LogP contribution in [0.5, 0.6) is 0 Å². The molecule has 0 saturated carbocycles. The second-order valence-electron chi connectivity index (χ2n) is 8.85. The summed E-state index contributed by atoms with van der Waals surface area (Å²) in [5.74, 6) is 0.639. The Labute approximate surface area is 209 Å². The normalized spacial score (nSPS) is 15.4. The molecule has 4 rings (SSSR count). The van der Waals surface area contributed by atoms with Crippen molar-refractivity contribution < 1.29 is 18.7 Å². The predicted octanol–water partition coefficient (Wildman–Crippen LogP) is 5.55. The second-order valence-corrected chi connectivity index (χ2v) is 10.4. The lowest BCUT2D eigenvalue weighted by atomic mass is 9.97. The number of rotatable bonds is 5. The smallest absolute Gasteiger partial charge is 0.283 e. The summed E-state index contributed by atoms with van der Waals surface area (Å²) in [5, 5.41) is 10.0. The Balaban J connectivity index is 1.68. The van der Waals surface area contributed by atoms with E-state index in [0.717, 1.165) is 12.8 Å². The molecule has 1 saturated heterocycles. The summed E-state index contributed by atoms with van der Waals surface area (Å²) in [5.41, 5.74) is -0.374. The number of imidazole rings is 1. The van der Waals surface area contributed by atoms with Crippen LogP contribution in [0.15, 0.2) is 24.3 Å². The summed E-state index contributed by atoms with van der Waals surface area (Å²) in [6.07, 6.45) is 1.73. The van der Waals surface area contributed by atoms with Crippen molar-refractivity contribution in [3.05, 3.63) is 62.4 Å². The molecule has 1 atom stereocenters. The maximum Gasteiger partial charge on any atom is 0.283 e. The zero-order chi connectivity index (χ0) is 24.8. The summed E-state index contributed by atoms with van der Waals surface area (Å²) in [7, 11) is 3.32. The van der Waals surface area contributed by atoms with Gasteiger partial charge in [0.05, 0.1) is 21.6 Å². The van der Waals surface area contributed by atoms with Crippen LogP contribution >= 0.6 is 32.4 Å². The number of aliphatic hydroxyl groups is 1. The third-order valence-electron chi connectivity index (χ3n) is 6.57. The Bertz CT molecular complexity index is 1250. The molecule has 1 aromatic heterocycles. The fourth-order valence-corrected chi connectivity index (χ4v) is 5.18. The minimum atomic E-state index is -3.05. The van der Waals surface area contributed by atoms with E-state index in [-0.39, 0.29) is 35.4 Å². The molecule has 1 amide bonds. The van der Waals surface area contributed by atoms with Gasteiger partial charge in [0.25, 0.3) is 11.6 Å². The van der Waals surface area contributed by atoms with Crippen LogP contribution in [-0.2, 0) is 19.1 Å². The number of alkyl halides is 2. The first-order valence-corrected chi connectivity index (χ1v) is 12.3. The van der Waals surface area contributed by atoms with Crippen LogP contribution < -0.4 is 0 Å². The van der Waals surface area contributed by atoms with Crippen molar-refractivity contribution in [1.82, 2.24) is 14.5 Å². The quantitative estimate of drug-likeness (QED) is 0.442. The number of aromatic nitrogens is 2. The van der Waals surface area contributed by atoms with Gasteiger partial charge < -0.3 is 14.6 Å². The molecule has 0 bridgehead atoms. The molecule has 1 N–H and O–H groups in total. The van der Waals surface area contributed by atoms with Gasteiger partial charge >= 0.3 is 0 Å². The van der Waals surface area contributed by atoms with Gasteiger partial charge in [-0.05, 0) is 61.1 Å². The van der Waals surface area contributed by atoms with E-state index in [4.69, 9.17) is 23.2 Å². The predicted molar refractivity (Wildman–Crippen MR) is 134 cm³/mol. The van der Waals surface area contributed by atoms with Crippen molar-refractivity contribution in [3.63, 3.8) is 0 Å². The van der Waals surface area contributed by atoms with Crippen LogP contribution in [0.2, 0.25) is 10.0 Å². The molecule has 2 aromatic carbocycles. The number of carbonyl (C=O) groups is 1. The van der Waals surface area contributed by atoms with Crippen molar-refractivity contribution >= 4 is 49.4 Å². The van der Waals surface area contributed by atoms with Crippen molar-refractivity contribution in [2.75, 3.05) is 19.7 Å². The number of nitrogens with zero attached hydrogens (tertiary/aromatic N) is 3. The summed E-state index contributed by atoms with van der Waals surface area (Å²) in [6.45, 7) is 3.00. The third kappa shape index (κ3) is 4.81. The Hall–Kier alpha value is -1.79. The molecule has 5 nitrogen and oxygen atoms in total. The first kappa shape index (κ1) is 25.3. The first-order chi connectivity index (χ1) is 16.0. The average molecular weight is 528 g/mol. The topological polar surface area (TPSA) is 58.4 Å². The highest BCUT2D eigenvalue weighted by molar-refractivity contribution is 7.17. The van der Waals surface area contributed by atoms with E-state index in [9.17, 15) is 18.7 Å². The van der Waals surface area contributed by atoms with E-state index in [0.29, 0.717) is 51.7 Å². The number of likely N-dealkylation sites (tertiary alicyclic amines) is 1. The molecular formula is C24H26Cl2F2N3O2P. The van der Waals surface area contributed by atoms with Gasteiger partial charge in [-0.1, -0.05) is 32.4 Å². The van der Waals surface area contributed by atoms with E-state index in [1.54, 1.807) is 44.8 Å². The second kappa shape index (κ2) is 9.69. The van der Waals surface area contributed by atoms with E-state index in [1.165, 1.54) is 12.1 Å². The standard InChI is InChI=1S/C24H26Cl2F2N3O2P/c1-13-9-15(24(27,28)34)10-19-22(13)29-20(30(19)2)11-17-18(25)4-3-16(21(17)26)23(33)31-7-5-14(12-32)6-8-31/h3-4,9-10,14,32H,5-8,11-12,34H2,1-2H3.